The fraction of sp³-hybridized carbons (Fsp3) is 0.444. The van der Waals surface area contributed by atoms with E-state index in [1.54, 1.807) is 28.5 Å². The Morgan fingerprint density at radius 2 is 2.46 bits per heavy atom. The number of aryl methyl sites for hydroxylation is 1. The Hall–Kier alpha value is -0.900. The number of carboxylic acid groups (broad SMARTS) is 1. The van der Waals surface area contributed by atoms with E-state index >= 15 is 0 Å². The number of hydrogen-bond acceptors (Lipinski definition) is 2. The van der Waals surface area contributed by atoms with Crippen molar-refractivity contribution in [2.75, 3.05) is 12.0 Å². The van der Waals surface area contributed by atoms with Crippen LogP contribution in [0.25, 0.3) is 0 Å². The van der Waals surface area contributed by atoms with Crippen LogP contribution in [-0.4, -0.2) is 27.7 Å². The lowest BCUT2D eigenvalue weighted by atomic mass is 10.4. The lowest BCUT2D eigenvalue weighted by Crippen LogP contribution is -2.08. The second-order valence-electron chi connectivity index (χ2n) is 2.74. The van der Waals surface area contributed by atoms with Crippen molar-refractivity contribution in [1.82, 2.24) is 4.57 Å². The number of hydrogen-bond donors (Lipinski definition) is 1. The molecule has 72 valence electrons. The van der Waals surface area contributed by atoms with Crippen LogP contribution in [0.4, 0.5) is 0 Å². The molecule has 0 aromatic carbocycles. The zero-order valence-electron chi connectivity index (χ0n) is 7.56. The molecule has 3 nitrogen and oxygen atoms in total. The van der Waals surface area contributed by atoms with Crippen molar-refractivity contribution in [1.29, 1.82) is 0 Å². The molecule has 0 aliphatic heterocycles. The topological polar surface area (TPSA) is 42.2 Å². The van der Waals surface area contributed by atoms with Crippen LogP contribution in [0.15, 0.2) is 18.3 Å². The van der Waals surface area contributed by atoms with E-state index in [-0.39, 0.29) is 0 Å². The molecule has 0 saturated carbocycles. The molecule has 1 aromatic heterocycles. The molecule has 4 heteroatoms. The number of aromatic nitrogens is 1. The van der Waals surface area contributed by atoms with Crippen LogP contribution >= 0.6 is 11.8 Å². The van der Waals surface area contributed by atoms with Gasteiger partial charge in [0.15, 0.2) is 0 Å². The Balaban J connectivity index is 2.55. The second kappa shape index (κ2) is 4.97. The van der Waals surface area contributed by atoms with E-state index in [1.807, 2.05) is 12.5 Å². The van der Waals surface area contributed by atoms with Gasteiger partial charge in [0.1, 0.15) is 5.69 Å². The van der Waals surface area contributed by atoms with Gasteiger partial charge in [-0.25, -0.2) is 4.79 Å². The molecule has 0 saturated heterocycles. The van der Waals surface area contributed by atoms with E-state index < -0.39 is 5.97 Å². The fourth-order valence-corrected chi connectivity index (χ4v) is 1.60. The molecule has 1 heterocycles. The van der Waals surface area contributed by atoms with Gasteiger partial charge >= 0.3 is 5.97 Å². The molecule has 1 aromatic rings. The van der Waals surface area contributed by atoms with E-state index in [2.05, 4.69) is 0 Å². The summed E-state index contributed by atoms with van der Waals surface area (Å²) in [6, 6.07) is 3.39. The number of aromatic carboxylic acids is 1. The molecule has 0 unspecified atom stereocenters. The van der Waals surface area contributed by atoms with E-state index in [1.165, 1.54) is 0 Å². The molecule has 0 amide bonds. The first-order chi connectivity index (χ1) is 6.25. The second-order valence-corrected chi connectivity index (χ2v) is 3.72. The van der Waals surface area contributed by atoms with E-state index in [0.29, 0.717) is 5.69 Å². The first kappa shape index (κ1) is 10.2. The summed E-state index contributed by atoms with van der Waals surface area (Å²) in [5, 5.41) is 8.79. The molecule has 0 fully saturated rings. The molecule has 1 rings (SSSR count). The summed E-state index contributed by atoms with van der Waals surface area (Å²) in [6.07, 6.45) is 4.87. The molecule has 1 N–H and O–H groups in total. The van der Waals surface area contributed by atoms with Gasteiger partial charge in [-0.1, -0.05) is 0 Å². The standard InChI is InChI=1S/C9H13NO2S/c1-13-7-3-6-10-5-2-4-8(10)9(11)12/h2,4-5H,3,6-7H2,1H3,(H,11,12). The van der Waals surface area contributed by atoms with Crippen molar-refractivity contribution in [3.63, 3.8) is 0 Å². The van der Waals surface area contributed by atoms with Gasteiger partial charge in [-0.05, 0) is 30.6 Å². The van der Waals surface area contributed by atoms with Crippen molar-refractivity contribution in [3.8, 4) is 0 Å². The third kappa shape index (κ3) is 2.81. The summed E-state index contributed by atoms with van der Waals surface area (Å²) in [5.41, 5.74) is 0.376. The van der Waals surface area contributed by atoms with Gasteiger partial charge in [0.25, 0.3) is 0 Å². The SMILES string of the molecule is CSCCCn1cccc1C(=O)O. The number of thioether (sulfide) groups is 1. The maximum atomic E-state index is 10.7. The van der Waals surface area contributed by atoms with E-state index in [0.717, 1.165) is 18.7 Å². The van der Waals surface area contributed by atoms with Crippen LogP contribution in [0.5, 0.6) is 0 Å². The van der Waals surface area contributed by atoms with Crippen LogP contribution in [0.1, 0.15) is 16.9 Å². The molecule has 0 aliphatic rings. The quantitative estimate of drug-likeness (QED) is 0.737. The molecular weight excluding hydrogens is 186 g/mol. The summed E-state index contributed by atoms with van der Waals surface area (Å²) in [4.78, 5) is 10.7. The normalized spacial score (nSPS) is 10.2. The predicted octanol–water partition coefficient (Wildman–Crippen LogP) is 1.94. The highest BCUT2D eigenvalue weighted by atomic mass is 32.2. The van der Waals surface area contributed by atoms with Crippen LogP contribution in [-0.2, 0) is 6.54 Å². The molecule has 0 spiro atoms. The fourth-order valence-electron chi connectivity index (χ4n) is 1.18. The van der Waals surface area contributed by atoms with Crippen LogP contribution < -0.4 is 0 Å². The van der Waals surface area contributed by atoms with Gasteiger partial charge in [-0.15, -0.1) is 0 Å². The lowest BCUT2D eigenvalue weighted by molar-refractivity contribution is 0.0685. The highest BCUT2D eigenvalue weighted by molar-refractivity contribution is 7.98. The monoisotopic (exact) mass is 199 g/mol. The summed E-state index contributed by atoms with van der Waals surface area (Å²) < 4.78 is 1.78. The largest absolute Gasteiger partial charge is 0.477 e. The van der Waals surface area contributed by atoms with E-state index in [4.69, 9.17) is 5.11 Å². The van der Waals surface area contributed by atoms with Gasteiger partial charge in [0.05, 0.1) is 0 Å². The maximum Gasteiger partial charge on any atom is 0.352 e. The van der Waals surface area contributed by atoms with Crippen molar-refractivity contribution >= 4 is 17.7 Å². The van der Waals surface area contributed by atoms with Gasteiger partial charge in [-0.2, -0.15) is 11.8 Å². The van der Waals surface area contributed by atoms with Crippen LogP contribution in [0.3, 0.4) is 0 Å². The Bertz CT molecular complexity index is 283. The first-order valence-corrected chi connectivity index (χ1v) is 5.52. The number of rotatable bonds is 5. The summed E-state index contributed by atoms with van der Waals surface area (Å²) in [6.45, 7) is 0.787. The van der Waals surface area contributed by atoms with Crippen molar-refractivity contribution in [2.45, 2.75) is 13.0 Å². The van der Waals surface area contributed by atoms with Crippen molar-refractivity contribution in [3.05, 3.63) is 24.0 Å². The zero-order valence-corrected chi connectivity index (χ0v) is 8.38. The molecule has 13 heavy (non-hydrogen) atoms. The van der Waals surface area contributed by atoms with Gasteiger partial charge in [-0.3, -0.25) is 0 Å². The maximum absolute atomic E-state index is 10.7. The number of carboxylic acids is 1. The minimum absolute atomic E-state index is 0.376. The Labute approximate surface area is 81.8 Å². The lowest BCUT2D eigenvalue weighted by Gasteiger charge is -2.04. The smallest absolute Gasteiger partial charge is 0.352 e. The minimum atomic E-state index is -0.853. The predicted molar refractivity (Wildman–Crippen MR) is 54.4 cm³/mol. The third-order valence-electron chi connectivity index (χ3n) is 1.80. The number of carbonyl (C=O) groups is 1. The molecule has 0 aliphatic carbocycles. The van der Waals surface area contributed by atoms with Crippen molar-refractivity contribution in [2.24, 2.45) is 0 Å². The molecule has 0 atom stereocenters. The third-order valence-corrected chi connectivity index (χ3v) is 2.49. The summed E-state index contributed by atoms with van der Waals surface area (Å²) >= 11 is 1.78. The minimum Gasteiger partial charge on any atom is -0.477 e. The van der Waals surface area contributed by atoms with Gasteiger partial charge in [0.2, 0.25) is 0 Å². The number of nitrogens with zero attached hydrogens (tertiary/aromatic N) is 1. The van der Waals surface area contributed by atoms with Crippen molar-refractivity contribution < 1.29 is 9.90 Å². The highest BCUT2D eigenvalue weighted by Crippen LogP contribution is 2.05. The average Bonchev–Trinajstić information content (AvgIpc) is 2.53. The Kier molecular flexibility index (Phi) is 3.89. The van der Waals surface area contributed by atoms with Gasteiger partial charge < -0.3 is 9.67 Å². The zero-order chi connectivity index (χ0) is 9.68. The molecular formula is C9H13NO2S. The molecule has 0 bridgehead atoms. The first-order valence-electron chi connectivity index (χ1n) is 4.13. The Morgan fingerprint density at radius 1 is 1.69 bits per heavy atom. The van der Waals surface area contributed by atoms with Gasteiger partial charge in [0, 0.05) is 12.7 Å². The highest BCUT2D eigenvalue weighted by Gasteiger charge is 2.07. The summed E-state index contributed by atoms with van der Waals surface area (Å²) in [5.74, 6) is 0.214. The average molecular weight is 199 g/mol. The Morgan fingerprint density at radius 3 is 3.08 bits per heavy atom. The van der Waals surface area contributed by atoms with Crippen LogP contribution in [0.2, 0.25) is 0 Å². The molecule has 0 radical (unpaired) electrons. The van der Waals surface area contributed by atoms with E-state index in [9.17, 15) is 4.79 Å². The van der Waals surface area contributed by atoms with Crippen LogP contribution in [0, 0.1) is 0 Å². The summed E-state index contributed by atoms with van der Waals surface area (Å²) in [7, 11) is 0.